The Morgan fingerprint density at radius 2 is 2.16 bits per heavy atom. The zero-order valence-corrected chi connectivity index (χ0v) is 9.84. The molecule has 0 aliphatic heterocycles. The van der Waals surface area contributed by atoms with Gasteiger partial charge >= 0.3 is 0 Å². The van der Waals surface area contributed by atoms with Crippen LogP contribution in [0.1, 0.15) is 5.69 Å². The van der Waals surface area contributed by atoms with E-state index >= 15 is 0 Å². The summed E-state index contributed by atoms with van der Waals surface area (Å²) in [5, 5.41) is 9.71. The van der Waals surface area contributed by atoms with Crippen LogP contribution in [0.2, 0.25) is 0 Å². The highest BCUT2D eigenvalue weighted by Gasteiger charge is 2.15. The second kappa shape index (κ2) is 4.10. The molecule has 0 unspecified atom stereocenters. The molecule has 0 bridgehead atoms. The maximum Gasteiger partial charge on any atom is 0.151 e. The molecule has 3 rings (SSSR count). The number of rotatable bonds is 1. The smallest absolute Gasteiger partial charge is 0.151 e. The Kier molecular flexibility index (Phi) is 2.43. The molecule has 2 N–H and O–H groups in total. The van der Waals surface area contributed by atoms with Crippen LogP contribution in [0.25, 0.3) is 16.6 Å². The summed E-state index contributed by atoms with van der Waals surface area (Å²) in [6.07, 6.45) is 3.20. The molecule has 0 aliphatic carbocycles. The van der Waals surface area contributed by atoms with Crippen LogP contribution in [-0.4, -0.2) is 9.55 Å². The van der Waals surface area contributed by atoms with Gasteiger partial charge in [-0.15, -0.1) is 0 Å². The summed E-state index contributed by atoms with van der Waals surface area (Å²) < 4.78 is 15.7. The van der Waals surface area contributed by atoms with E-state index in [1.165, 1.54) is 10.6 Å². The van der Waals surface area contributed by atoms with Gasteiger partial charge in [0.2, 0.25) is 0 Å². The number of hydrogen-bond acceptors (Lipinski definition) is 3. The summed E-state index contributed by atoms with van der Waals surface area (Å²) in [5.74, 6) is -0.503. The number of halogens is 1. The predicted molar refractivity (Wildman–Crippen MR) is 70.2 cm³/mol. The number of benzene rings is 1. The number of fused-ring (bicyclic) bond motifs is 1. The van der Waals surface area contributed by atoms with Crippen molar-refractivity contribution in [3.8, 4) is 11.8 Å². The summed E-state index contributed by atoms with van der Waals surface area (Å²) in [6, 6.07) is 10.1. The second-order valence-corrected chi connectivity index (χ2v) is 4.07. The van der Waals surface area contributed by atoms with E-state index in [0.717, 1.165) is 0 Å². The minimum Gasteiger partial charge on any atom is -0.398 e. The molecule has 0 saturated heterocycles. The van der Waals surface area contributed by atoms with E-state index in [9.17, 15) is 4.39 Å². The van der Waals surface area contributed by atoms with Gasteiger partial charge in [0.15, 0.2) is 5.82 Å². The van der Waals surface area contributed by atoms with Gasteiger partial charge in [-0.3, -0.25) is 4.98 Å². The standard InChI is InChI=1S/C14H9FN4/c15-11-7-12(17)10-4-1-5-18-13(10)14(11)19-6-2-3-9(19)8-16/h1-7H,17H2. The Bertz CT molecular complexity index is 814. The van der Waals surface area contributed by atoms with Crippen molar-refractivity contribution in [1.29, 1.82) is 5.26 Å². The first kappa shape index (κ1) is 11.2. The van der Waals surface area contributed by atoms with Crippen LogP contribution in [-0.2, 0) is 0 Å². The molecule has 0 spiro atoms. The summed E-state index contributed by atoms with van der Waals surface area (Å²) in [6.45, 7) is 0. The van der Waals surface area contributed by atoms with Crippen LogP contribution in [0.3, 0.4) is 0 Å². The van der Waals surface area contributed by atoms with Crippen molar-refractivity contribution in [2.45, 2.75) is 0 Å². The molecule has 0 amide bonds. The van der Waals surface area contributed by atoms with Crippen LogP contribution < -0.4 is 5.73 Å². The molecule has 0 fully saturated rings. The number of hydrogen-bond donors (Lipinski definition) is 1. The topological polar surface area (TPSA) is 67.6 Å². The van der Waals surface area contributed by atoms with Crippen molar-refractivity contribution in [3.63, 3.8) is 0 Å². The number of anilines is 1. The Balaban J connectivity index is 2.45. The molecule has 0 radical (unpaired) electrons. The van der Waals surface area contributed by atoms with E-state index in [2.05, 4.69) is 4.98 Å². The number of nitrogens with two attached hydrogens (primary N) is 1. The van der Waals surface area contributed by atoms with Crippen molar-refractivity contribution in [2.24, 2.45) is 0 Å². The van der Waals surface area contributed by atoms with E-state index in [1.807, 2.05) is 6.07 Å². The fourth-order valence-electron chi connectivity index (χ4n) is 2.12. The summed E-state index contributed by atoms with van der Waals surface area (Å²) >= 11 is 0. The molecule has 0 atom stereocenters. The SMILES string of the molecule is N#Cc1cccn1-c1c(F)cc(N)c2cccnc12. The molecule has 2 heterocycles. The third kappa shape index (κ3) is 1.62. The molecule has 3 aromatic rings. The third-order valence-corrected chi connectivity index (χ3v) is 2.96. The average molecular weight is 252 g/mol. The Hall–Kier alpha value is -2.87. The minimum atomic E-state index is -0.503. The Morgan fingerprint density at radius 3 is 2.95 bits per heavy atom. The summed E-state index contributed by atoms with van der Waals surface area (Å²) in [7, 11) is 0. The van der Waals surface area contributed by atoms with E-state index in [0.29, 0.717) is 22.3 Å². The van der Waals surface area contributed by atoms with E-state index < -0.39 is 5.82 Å². The number of nitrogen functional groups attached to an aromatic ring is 1. The lowest BCUT2D eigenvalue weighted by atomic mass is 10.1. The zero-order chi connectivity index (χ0) is 13.4. The van der Waals surface area contributed by atoms with Crippen molar-refractivity contribution < 1.29 is 4.39 Å². The lowest BCUT2D eigenvalue weighted by Crippen LogP contribution is -2.03. The first-order valence-corrected chi connectivity index (χ1v) is 5.63. The van der Waals surface area contributed by atoms with Gasteiger partial charge in [0.05, 0.1) is 5.52 Å². The quantitative estimate of drug-likeness (QED) is 0.677. The van der Waals surface area contributed by atoms with Gasteiger partial charge in [0, 0.05) is 23.5 Å². The molecule has 0 saturated carbocycles. The van der Waals surface area contributed by atoms with Crippen molar-refractivity contribution in [1.82, 2.24) is 9.55 Å². The maximum absolute atomic E-state index is 14.2. The van der Waals surface area contributed by atoms with Gasteiger partial charge in [-0.2, -0.15) is 5.26 Å². The van der Waals surface area contributed by atoms with E-state index in [4.69, 9.17) is 11.0 Å². The average Bonchev–Trinajstić information content (AvgIpc) is 2.87. The van der Waals surface area contributed by atoms with E-state index in [1.54, 1.807) is 36.7 Å². The fraction of sp³-hybridized carbons (Fsp3) is 0. The predicted octanol–water partition coefficient (Wildman–Crippen LogP) is 2.62. The number of nitriles is 1. The maximum atomic E-state index is 14.2. The van der Waals surface area contributed by atoms with Gasteiger partial charge in [0.25, 0.3) is 0 Å². The highest BCUT2D eigenvalue weighted by atomic mass is 19.1. The number of nitrogens with zero attached hydrogens (tertiary/aromatic N) is 3. The molecule has 19 heavy (non-hydrogen) atoms. The van der Waals surface area contributed by atoms with Gasteiger partial charge < -0.3 is 10.3 Å². The largest absolute Gasteiger partial charge is 0.398 e. The number of aromatic nitrogens is 2. The molecular formula is C14H9FN4. The molecule has 92 valence electrons. The molecule has 5 heteroatoms. The highest BCUT2D eigenvalue weighted by molar-refractivity contribution is 5.95. The normalized spacial score (nSPS) is 10.5. The minimum absolute atomic E-state index is 0.242. The molecule has 0 aliphatic rings. The van der Waals surface area contributed by atoms with Gasteiger partial charge in [-0.25, -0.2) is 4.39 Å². The Morgan fingerprint density at radius 1 is 1.32 bits per heavy atom. The van der Waals surface area contributed by atoms with Crippen molar-refractivity contribution >= 4 is 16.6 Å². The van der Waals surface area contributed by atoms with E-state index in [-0.39, 0.29) is 5.69 Å². The zero-order valence-electron chi connectivity index (χ0n) is 9.84. The van der Waals surface area contributed by atoms with Crippen LogP contribution in [0.5, 0.6) is 0 Å². The molecular weight excluding hydrogens is 243 g/mol. The lowest BCUT2D eigenvalue weighted by Gasteiger charge is -2.11. The Labute approximate surface area is 108 Å². The third-order valence-electron chi connectivity index (χ3n) is 2.96. The molecule has 2 aromatic heterocycles. The van der Waals surface area contributed by atoms with Gasteiger partial charge in [0.1, 0.15) is 17.5 Å². The van der Waals surface area contributed by atoms with Crippen molar-refractivity contribution in [3.05, 3.63) is 54.2 Å². The first-order valence-electron chi connectivity index (χ1n) is 5.63. The van der Waals surface area contributed by atoms with Crippen LogP contribution in [0.15, 0.2) is 42.7 Å². The highest BCUT2D eigenvalue weighted by Crippen LogP contribution is 2.29. The first-order chi connectivity index (χ1) is 9.22. The van der Waals surface area contributed by atoms with Gasteiger partial charge in [-0.1, -0.05) is 0 Å². The van der Waals surface area contributed by atoms with Crippen LogP contribution in [0.4, 0.5) is 10.1 Å². The summed E-state index contributed by atoms with van der Waals surface area (Å²) in [5.41, 5.74) is 7.15. The van der Waals surface area contributed by atoms with Gasteiger partial charge in [-0.05, 0) is 30.3 Å². The van der Waals surface area contributed by atoms with Crippen LogP contribution >= 0.6 is 0 Å². The monoisotopic (exact) mass is 252 g/mol. The van der Waals surface area contributed by atoms with Crippen LogP contribution in [0, 0.1) is 17.1 Å². The van der Waals surface area contributed by atoms with Crippen molar-refractivity contribution in [2.75, 3.05) is 5.73 Å². The lowest BCUT2D eigenvalue weighted by molar-refractivity contribution is 0.620. The second-order valence-electron chi connectivity index (χ2n) is 4.07. The fourth-order valence-corrected chi connectivity index (χ4v) is 2.12. The molecule has 1 aromatic carbocycles. The number of pyridine rings is 1. The summed E-state index contributed by atoms with van der Waals surface area (Å²) in [4.78, 5) is 4.18. The molecule has 4 nitrogen and oxygen atoms in total.